The Balaban J connectivity index is 2.64. The number of aromatic nitrogens is 2. The van der Waals surface area contributed by atoms with Crippen LogP contribution in [0.4, 0.5) is 0 Å². The number of H-pyrrole nitrogens is 1. The molecule has 0 fully saturated rings. The molecule has 1 N–H and O–H groups in total. The fourth-order valence-electron chi connectivity index (χ4n) is 1.93. The second kappa shape index (κ2) is 2.73. The summed E-state index contributed by atoms with van der Waals surface area (Å²) in [6.45, 7) is 2.05. The van der Waals surface area contributed by atoms with Gasteiger partial charge >= 0.3 is 0 Å². The summed E-state index contributed by atoms with van der Waals surface area (Å²) in [5, 5.41) is 1.09. The Morgan fingerprint density at radius 1 is 1.20 bits per heavy atom. The summed E-state index contributed by atoms with van der Waals surface area (Å²) in [6.07, 6.45) is 3.54. The molecule has 0 bridgehead atoms. The van der Waals surface area contributed by atoms with Gasteiger partial charge in [-0.15, -0.1) is 0 Å². The number of hydrogen-bond acceptors (Lipinski definition) is 1. The maximum Gasteiger partial charge on any atom is 0.272 e. The molecule has 2 aromatic heterocycles. The molecule has 0 unspecified atom stereocenters. The van der Waals surface area contributed by atoms with Crippen LogP contribution in [-0.2, 0) is 0 Å². The fourth-order valence-corrected chi connectivity index (χ4v) is 1.93. The molecule has 0 aliphatic heterocycles. The quantitative estimate of drug-likeness (QED) is 0.590. The van der Waals surface area contributed by atoms with Crippen molar-refractivity contribution in [1.82, 2.24) is 9.38 Å². The van der Waals surface area contributed by atoms with Gasteiger partial charge in [0.1, 0.15) is 5.52 Å². The third-order valence-electron chi connectivity index (χ3n) is 2.67. The summed E-state index contributed by atoms with van der Waals surface area (Å²) in [5.41, 5.74) is 2.92. The molecular formula is C12H10N2O. The van der Waals surface area contributed by atoms with E-state index in [-0.39, 0.29) is 5.56 Å². The summed E-state index contributed by atoms with van der Waals surface area (Å²) in [6, 6.07) is 8.09. The van der Waals surface area contributed by atoms with Gasteiger partial charge in [-0.1, -0.05) is 12.1 Å². The highest BCUT2D eigenvalue weighted by atomic mass is 16.1. The van der Waals surface area contributed by atoms with Crippen molar-refractivity contribution in [2.45, 2.75) is 6.92 Å². The molecular weight excluding hydrogens is 188 g/mol. The average molecular weight is 198 g/mol. The number of hydrogen-bond donors (Lipinski definition) is 1. The normalized spacial score (nSPS) is 11.3. The number of aryl methyl sites for hydroxylation is 1. The van der Waals surface area contributed by atoms with E-state index in [4.69, 9.17) is 0 Å². The lowest BCUT2D eigenvalue weighted by molar-refractivity contribution is 1.13. The highest BCUT2D eigenvalue weighted by Gasteiger charge is 2.04. The van der Waals surface area contributed by atoms with E-state index in [2.05, 4.69) is 17.1 Å². The highest BCUT2D eigenvalue weighted by molar-refractivity contribution is 5.87. The van der Waals surface area contributed by atoms with Crippen LogP contribution in [0.15, 0.2) is 41.5 Å². The molecule has 0 spiro atoms. The summed E-state index contributed by atoms with van der Waals surface area (Å²) >= 11 is 0. The molecule has 3 aromatic rings. The molecule has 0 saturated heterocycles. The number of nitrogens with one attached hydrogen (secondary N) is 1. The van der Waals surface area contributed by atoms with E-state index in [1.165, 1.54) is 5.56 Å². The molecule has 0 aliphatic carbocycles. The lowest BCUT2D eigenvalue weighted by atomic mass is 10.2. The lowest BCUT2D eigenvalue weighted by Crippen LogP contribution is -2.06. The number of aromatic amines is 1. The van der Waals surface area contributed by atoms with Gasteiger partial charge in [0.2, 0.25) is 0 Å². The van der Waals surface area contributed by atoms with Crippen molar-refractivity contribution in [3.05, 3.63) is 52.6 Å². The Hall–Kier alpha value is -2.03. The van der Waals surface area contributed by atoms with Gasteiger partial charge in [0.25, 0.3) is 5.56 Å². The van der Waals surface area contributed by atoms with Crippen LogP contribution in [0.5, 0.6) is 0 Å². The molecule has 15 heavy (non-hydrogen) atoms. The van der Waals surface area contributed by atoms with Crippen LogP contribution >= 0.6 is 0 Å². The zero-order valence-corrected chi connectivity index (χ0v) is 8.32. The molecule has 1 aromatic carbocycles. The SMILES string of the molecule is Cc1ccc2cc3c(=O)[nH]ccn3c2c1. The topological polar surface area (TPSA) is 37.3 Å². The minimum Gasteiger partial charge on any atom is -0.326 e. The lowest BCUT2D eigenvalue weighted by Gasteiger charge is -1.96. The van der Waals surface area contributed by atoms with Crippen molar-refractivity contribution in [3.63, 3.8) is 0 Å². The third kappa shape index (κ3) is 1.09. The minimum absolute atomic E-state index is 0.0497. The zero-order chi connectivity index (χ0) is 10.4. The van der Waals surface area contributed by atoms with Crippen molar-refractivity contribution >= 4 is 16.4 Å². The molecule has 3 heteroatoms. The van der Waals surface area contributed by atoms with E-state index in [1.54, 1.807) is 6.20 Å². The minimum atomic E-state index is -0.0497. The summed E-state index contributed by atoms with van der Waals surface area (Å²) in [5.74, 6) is 0. The largest absolute Gasteiger partial charge is 0.326 e. The summed E-state index contributed by atoms with van der Waals surface area (Å²) in [4.78, 5) is 14.2. The van der Waals surface area contributed by atoms with Crippen molar-refractivity contribution in [3.8, 4) is 0 Å². The van der Waals surface area contributed by atoms with Crippen LogP contribution in [0.2, 0.25) is 0 Å². The van der Waals surface area contributed by atoms with Gasteiger partial charge in [0, 0.05) is 17.8 Å². The average Bonchev–Trinajstić information content (AvgIpc) is 2.58. The van der Waals surface area contributed by atoms with Gasteiger partial charge in [0.15, 0.2) is 0 Å². The van der Waals surface area contributed by atoms with Crippen LogP contribution in [0, 0.1) is 6.92 Å². The Bertz CT molecular complexity index is 706. The first-order valence-electron chi connectivity index (χ1n) is 4.85. The Labute approximate surface area is 86.0 Å². The second-order valence-electron chi connectivity index (χ2n) is 3.75. The van der Waals surface area contributed by atoms with Gasteiger partial charge in [-0.05, 0) is 24.6 Å². The Kier molecular flexibility index (Phi) is 1.51. The molecule has 0 saturated carbocycles. The Morgan fingerprint density at radius 2 is 2.07 bits per heavy atom. The standard InChI is InChI=1S/C12H10N2O/c1-8-2-3-9-7-11-12(15)13-4-5-14(11)10(9)6-8/h2-7H,1H3,(H,13,15). The third-order valence-corrected chi connectivity index (χ3v) is 2.67. The summed E-state index contributed by atoms with van der Waals surface area (Å²) < 4.78 is 1.92. The van der Waals surface area contributed by atoms with Gasteiger partial charge in [-0.2, -0.15) is 0 Å². The zero-order valence-electron chi connectivity index (χ0n) is 8.32. The molecule has 2 heterocycles. The van der Waals surface area contributed by atoms with Crippen LogP contribution in [0.25, 0.3) is 16.4 Å². The number of fused-ring (bicyclic) bond motifs is 3. The molecule has 0 aliphatic rings. The molecule has 74 valence electrons. The van der Waals surface area contributed by atoms with Gasteiger partial charge in [-0.25, -0.2) is 0 Å². The first-order valence-corrected chi connectivity index (χ1v) is 4.85. The smallest absolute Gasteiger partial charge is 0.272 e. The van der Waals surface area contributed by atoms with Crippen LogP contribution < -0.4 is 5.56 Å². The predicted octanol–water partition coefficient (Wildman–Crippen LogP) is 2.09. The van der Waals surface area contributed by atoms with Gasteiger partial charge in [0.05, 0.1) is 5.52 Å². The number of rotatable bonds is 0. The Morgan fingerprint density at radius 3 is 2.93 bits per heavy atom. The van der Waals surface area contributed by atoms with E-state index in [9.17, 15) is 4.79 Å². The fraction of sp³-hybridized carbons (Fsp3) is 0.0833. The predicted molar refractivity (Wildman–Crippen MR) is 60.3 cm³/mol. The molecule has 0 amide bonds. The highest BCUT2D eigenvalue weighted by Crippen LogP contribution is 2.18. The molecule has 3 rings (SSSR count). The maximum absolute atomic E-state index is 11.6. The van der Waals surface area contributed by atoms with Crippen molar-refractivity contribution in [2.24, 2.45) is 0 Å². The number of nitrogens with zero attached hydrogens (tertiary/aromatic N) is 1. The monoisotopic (exact) mass is 198 g/mol. The first-order chi connectivity index (χ1) is 7.25. The van der Waals surface area contributed by atoms with Crippen LogP contribution in [-0.4, -0.2) is 9.38 Å². The van der Waals surface area contributed by atoms with Crippen LogP contribution in [0.1, 0.15) is 5.56 Å². The number of benzene rings is 1. The van der Waals surface area contributed by atoms with Crippen LogP contribution in [0.3, 0.4) is 0 Å². The maximum atomic E-state index is 11.6. The van der Waals surface area contributed by atoms with Crippen molar-refractivity contribution in [1.29, 1.82) is 0 Å². The van der Waals surface area contributed by atoms with Gasteiger partial charge in [-0.3, -0.25) is 4.79 Å². The molecule has 0 atom stereocenters. The molecule has 3 nitrogen and oxygen atoms in total. The van der Waals surface area contributed by atoms with Gasteiger partial charge < -0.3 is 9.38 Å². The van der Waals surface area contributed by atoms with Crippen molar-refractivity contribution in [2.75, 3.05) is 0 Å². The molecule has 0 radical (unpaired) electrons. The van der Waals surface area contributed by atoms with E-state index in [0.717, 1.165) is 10.9 Å². The summed E-state index contributed by atoms with van der Waals surface area (Å²) in [7, 11) is 0. The van der Waals surface area contributed by atoms with Crippen molar-refractivity contribution < 1.29 is 0 Å². The first kappa shape index (κ1) is 8.29. The van der Waals surface area contributed by atoms with E-state index in [1.807, 2.05) is 29.7 Å². The van der Waals surface area contributed by atoms with E-state index < -0.39 is 0 Å². The van der Waals surface area contributed by atoms with E-state index in [0.29, 0.717) is 5.52 Å². The second-order valence-corrected chi connectivity index (χ2v) is 3.75. The van der Waals surface area contributed by atoms with E-state index >= 15 is 0 Å².